The van der Waals surface area contributed by atoms with Gasteiger partial charge in [0.2, 0.25) is 12.3 Å². The highest BCUT2D eigenvalue weighted by Gasteiger charge is 2.36. The Morgan fingerprint density at radius 3 is 2.82 bits per heavy atom. The van der Waals surface area contributed by atoms with Crippen molar-refractivity contribution >= 4 is 18.3 Å². The zero-order chi connectivity index (χ0) is 15.9. The lowest BCUT2D eigenvalue weighted by atomic mass is 10.2. The quantitative estimate of drug-likeness (QED) is 0.624. The molecule has 0 aromatic heterocycles. The van der Waals surface area contributed by atoms with Crippen molar-refractivity contribution in [1.82, 2.24) is 10.2 Å². The van der Waals surface area contributed by atoms with Gasteiger partial charge in [0.25, 0.3) is 0 Å². The summed E-state index contributed by atoms with van der Waals surface area (Å²) in [5, 5.41) is 2.42. The Kier molecular flexibility index (Phi) is 5.52. The van der Waals surface area contributed by atoms with Crippen LogP contribution in [0.25, 0.3) is 0 Å². The number of rotatable bonds is 6. The Bertz CT molecular complexity index is 532. The van der Waals surface area contributed by atoms with Gasteiger partial charge in [-0.25, -0.2) is 4.79 Å². The van der Waals surface area contributed by atoms with Gasteiger partial charge in [-0.1, -0.05) is 30.3 Å². The molecule has 0 saturated carbocycles. The molecule has 22 heavy (non-hydrogen) atoms. The number of amides is 2. The maximum Gasteiger partial charge on any atom is 0.329 e. The highest BCUT2D eigenvalue weighted by molar-refractivity contribution is 5.88. The van der Waals surface area contributed by atoms with E-state index in [0.29, 0.717) is 19.4 Å². The lowest BCUT2D eigenvalue weighted by molar-refractivity contribution is -0.155. The number of ether oxygens (including phenoxy) is 1. The van der Waals surface area contributed by atoms with Crippen LogP contribution in [0.2, 0.25) is 0 Å². The summed E-state index contributed by atoms with van der Waals surface area (Å²) in [4.78, 5) is 36.4. The number of benzene rings is 1. The zero-order valence-corrected chi connectivity index (χ0v) is 12.5. The Morgan fingerprint density at radius 2 is 2.14 bits per heavy atom. The first-order valence-electron chi connectivity index (χ1n) is 7.34. The van der Waals surface area contributed by atoms with Gasteiger partial charge in [0.05, 0.1) is 0 Å². The van der Waals surface area contributed by atoms with Crippen LogP contribution in [0.5, 0.6) is 0 Å². The first-order valence-corrected chi connectivity index (χ1v) is 7.34. The van der Waals surface area contributed by atoms with Crippen molar-refractivity contribution in [3.63, 3.8) is 0 Å². The Balaban J connectivity index is 1.93. The van der Waals surface area contributed by atoms with E-state index in [1.807, 2.05) is 30.3 Å². The summed E-state index contributed by atoms with van der Waals surface area (Å²) in [6, 6.07) is 8.20. The average molecular weight is 304 g/mol. The number of esters is 1. The topological polar surface area (TPSA) is 75.7 Å². The largest absolute Gasteiger partial charge is 0.459 e. The third-order valence-corrected chi connectivity index (χ3v) is 3.72. The first-order chi connectivity index (χ1) is 10.6. The molecule has 6 heteroatoms. The molecular formula is C16H20N2O4. The molecule has 0 spiro atoms. The molecule has 1 aliphatic rings. The van der Waals surface area contributed by atoms with Crippen LogP contribution in [-0.4, -0.2) is 41.8 Å². The molecule has 0 aliphatic carbocycles. The third-order valence-electron chi connectivity index (χ3n) is 3.72. The summed E-state index contributed by atoms with van der Waals surface area (Å²) in [7, 11) is 0. The zero-order valence-electron chi connectivity index (χ0n) is 12.5. The van der Waals surface area contributed by atoms with Crippen LogP contribution in [0.15, 0.2) is 30.3 Å². The number of carbonyl (C=O) groups excluding carboxylic acids is 3. The van der Waals surface area contributed by atoms with Crippen molar-refractivity contribution in [1.29, 1.82) is 0 Å². The predicted molar refractivity (Wildman–Crippen MR) is 79.6 cm³/mol. The fourth-order valence-corrected chi connectivity index (χ4v) is 2.52. The maximum absolute atomic E-state index is 12.2. The van der Waals surface area contributed by atoms with Gasteiger partial charge in [-0.05, 0) is 25.3 Å². The highest BCUT2D eigenvalue weighted by atomic mass is 16.5. The first kappa shape index (κ1) is 16.0. The van der Waals surface area contributed by atoms with E-state index in [2.05, 4.69) is 5.32 Å². The standard InChI is InChI=1S/C16H20N2O4/c1-12(17-11-19)15(20)18-9-5-8-14(18)16(21)22-10-13-6-3-2-4-7-13/h2-4,6-7,11-12,14H,5,8-10H2,1H3,(H,17,19)/t12-,14?/m0/s1. The number of likely N-dealkylation sites (tertiary alicyclic amines) is 1. The van der Waals surface area contributed by atoms with Crippen molar-refractivity contribution in [2.24, 2.45) is 0 Å². The van der Waals surface area contributed by atoms with Crippen LogP contribution in [0.4, 0.5) is 0 Å². The maximum atomic E-state index is 12.2. The molecule has 1 unspecified atom stereocenters. The second-order valence-corrected chi connectivity index (χ2v) is 5.29. The molecule has 2 amide bonds. The molecule has 118 valence electrons. The fraction of sp³-hybridized carbons (Fsp3) is 0.438. The van der Waals surface area contributed by atoms with Crippen molar-refractivity contribution in [2.75, 3.05) is 6.54 Å². The number of hydrogen-bond donors (Lipinski definition) is 1. The lowest BCUT2D eigenvalue weighted by Gasteiger charge is -2.25. The molecule has 1 heterocycles. The van der Waals surface area contributed by atoms with E-state index < -0.39 is 18.1 Å². The summed E-state index contributed by atoms with van der Waals surface area (Å²) >= 11 is 0. The van der Waals surface area contributed by atoms with Gasteiger partial charge in [-0.2, -0.15) is 0 Å². The van der Waals surface area contributed by atoms with Crippen LogP contribution >= 0.6 is 0 Å². The van der Waals surface area contributed by atoms with E-state index in [1.54, 1.807) is 6.92 Å². The van der Waals surface area contributed by atoms with Crippen molar-refractivity contribution in [3.8, 4) is 0 Å². The minimum Gasteiger partial charge on any atom is -0.459 e. The second-order valence-electron chi connectivity index (χ2n) is 5.29. The number of nitrogens with one attached hydrogen (secondary N) is 1. The Labute approximate surface area is 129 Å². The van der Waals surface area contributed by atoms with Gasteiger partial charge >= 0.3 is 5.97 Å². The molecule has 1 saturated heterocycles. The lowest BCUT2D eigenvalue weighted by Crippen LogP contribution is -2.49. The molecular weight excluding hydrogens is 284 g/mol. The fourth-order valence-electron chi connectivity index (χ4n) is 2.52. The van der Waals surface area contributed by atoms with E-state index in [9.17, 15) is 14.4 Å². The summed E-state index contributed by atoms with van der Waals surface area (Å²) in [6.45, 7) is 2.30. The number of carbonyl (C=O) groups is 3. The smallest absolute Gasteiger partial charge is 0.329 e. The second kappa shape index (κ2) is 7.59. The van der Waals surface area contributed by atoms with E-state index in [1.165, 1.54) is 4.90 Å². The summed E-state index contributed by atoms with van der Waals surface area (Å²) in [5.41, 5.74) is 0.905. The predicted octanol–water partition coefficient (Wildman–Crippen LogP) is 0.855. The summed E-state index contributed by atoms with van der Waals surface area (Å²) in [5.74, 6) is -0.653. The van der Waals surface area contributed by atoms with Crippen LogP contribution in [0, 0.1) is 0 Å². The van der Waals surface area contributed by atoms with Crippen LogP contribution in [0.3, 0.4) is 0 Å². The summed E-state index contributed by atoms with van der Waals surface area (Å²) in [6.07, 6.45) is 1.83. The monoisotopic (exact) mass is 304 g/mol. The van der Waals surface area contributed by atoms with Gasteiger partial charge in [0, 0.05) is 6.54 Å². The number of hydrogen-bond acceptors (Lipinski definition) is 4. The van der Waals surface area contributed by atoms with Crippen molar-refractivity contribution in [2.45, 2.75) is 38.5 Å². The van der Waals surface area contributed by atoms with E-state index in [-0.39, 0.29) is 12.5 Å². The SMILES string of the molecule is C[C@H](NC=O)C(=O)N1CCCC1C(=O)OCc1ccccc1. The molecule has 6 nitrogen and oxygen atoms in total. The van der Waals surface area contributed by atoms with Crippen molar-refractivity contribution in [3.05, 3.63) is 35.9 Å². The molecule has 2 atom stereocenters. The average Bonchev–Trinajstić information content (AvgIpc) is 3.02. The van der Waals surface area contributed by atoms with Gasteiger partial charge < -0.3 is 15.0 Å². The molecule has 2 rings (SSSR count). The number of nitrogens with zero attached hydrogens (tertiary/aromatic N) is 1. The van der Waals surface area contributed by atoms with Gasteiger partial charge in [-0.3, -0.25) is 9.59 Å². The Hall–Kier alpha value is -2.37. The molecule has 0 bridgehead atoms. The normalized spacial score (nSPS) is 18.6. The van der Waals surface area contributed by atoms with E-state index in [4.69, 9.17) is 4.74 Å². The van der Waals surface area contributed by atoms with Gasteiger partial charge in [-0.15, -0.1) is 0 Å². The molecule has 1 aliphatic heterocycles. The van der Waals surface area contributed by atoms with E-state index >= 15 is 0 Å². The van der Waals surface area contributed by atoms with E-state index in [0.717, 1.165) is 12.0 Å². The van der Waals surface area contributed by atoms with Crippen molar-refractivity contribution < 1.29 is 19.1 Å². The van der Waals surface area contributed by atoms with Crippen LogP contribution in [0.1, 0.15) is 25.3 Å². The third kappa shape index (κ3) is 3.84. The Morgan fingerprint density at radius 1 is 1.41 bits per heavy atom. The van der Waals surface area contributed by atoms with Crippen LogP contribution < -0.4 is 5.32 Å². The molecule has 1 aromatic rings. The summed E-state index contributed by atoms with van der Waals surface area (Å²) < 4.78 is 5.31. The minimum atomic E-state index is -0.639. The van der Waals surface area contributed by atoms with Gasteiger partial charge in [0.1, 0.15) is 18.7 Å². The van der Waals surface area contributed by atoms with Crippen LogP contribution in [-0.2, 0) is 25.7 Å². The van der Waals surface area contributed by atoms with Gasteiger partial charge in [0.15, 0.2) is 0 Å². The molecule has 1 N–H and O–H groups in total. The minimum absolute atomic E-state index is 0.195. The molecule has 1 fully saturated rings. The molecule has 0 radical (unpaired) electrons. The molecule has 1 aromatic carbocycles. The highest BCUT2D eigenvalue weighted by Crippen LogP contribution is 2.20.